The summed E-state index contributed by atoms with van der Waals surface area (Å²) in [5.41, 5.74) is 5.15. The Hall–Kier alpha value is -5.52. The first-order valence-electron chi connectivity index (χ1n) is 15.5. The number of fused-ring (bicyclic) bond motifs is 1. The lowest BCUT2D eigenvalue weighted by atomic mass is 10.1. The van der Waals surface area contributed by atoms with Gasteiger partial charge in [-0.15, -0.1) is 0 Å². The van der Waals surface area contributed by atoms with Crippen molar-refractivity contribution in [2.75, 3.05) is 50.0 Å². The van der Waals surface area contributed by atoms with E-state index < -0.39 is 0 Å². The third-order valence-electron chi connectivity index (χ3n) is 8.06. The van der Waals surface area contributed by atoms with Gasteiger partial charge in [-0.2, -0.15) is 0 Å². The number of ether oxygens (including phenoxy) is 1. The number of carbonyl (C=O) groups excluding carboxylic acids is 3. The SMILES string of the molecule is Cn1cc(NC(=O)c2cc(NC(=O)c3ccc(/C=C/c4cnc5ccccc5c4)cc3)cn2C)cc1C(=O)NCCN1CCOCC1. The number of nitrogens with one attached hydrogen (secondary N) is 3. The molecule has 4 heterocycles. The average molecular weight is 632 g/mol. The first kappa shape index (κ1) is 31.5. The molecule has 0 radical (unpaired) electrons. The highest BCUT2D eigenvalue weighted by Gasteiger charge is 2.18. The number of carbonyl (C=O) groups is 3. The zero-order chi connectivity index (χ0) is 32.8. The van der Waals surface area contributed by atoms with Crippen molar-refractivity contribution in [1.82, 2.24) is 24.3 Å². The van der Waals surface area contributed by atoms with E-state index in [0.717, 1.165) is 41.7 Å². The van der Waals surface area contributed by atoms with Gasteiger partial charge < -0.3 is 29.8 Å². The van der Waals surface area contributed by atoms with Crippen molar-refractivity contribution >= 4 is 52.2 Å². The largest absolute Gasteiger partial charge is 0.379 e. The number of anilines is 2. The van der Waals surface area contributed by atoms with Crippen LogP contribution in [0, 0.1) is 0 Å². The third kappa shape index (κ3) is 7.83. The molecule has 0 atom stereocenters. The Kier molecular flexibility index (Phi) is 9.56. The highest BCUT2D eigenvalue weighted by molar-refractivity contribution is 6.07. The van der Waals surface area contributed by atoms with E-state index in [2.05, 4.69) is 31.9 Å². The molecule has 2 aromatic carbocycles. The summed E-state index contributed by atoms with van der Waals surface area (Å²) < 4.78 is 8.68. The number of aromatic nitrogens is 3. The smallest absolute Gasteiger partial charge is 0.272 e. The average Bonchev–Trinajstić information content (AvgIpc) is 3.64. The molecule has 47 heavy (non-hydrogen) atoms. The van der Waals surface area contributed by atoms with E-state index in [9.17, 15) is 14.4 Å². The topological polar surface area (TPSA) is 123 Å². The number of rotatable bonds is 10. The van der Waals surface area contributed by atoms with E-state index in [1.165, 1.54) is 0 Å². The van der Waals surface area contributed by atoms with Crippen LogP contribution >= 0.6 is 0 Å². The Morgan fingerprint density at radius 3 is 2.15 bits per heavy atom. The molecule has 0 spiro atoms. The minimum absolute atomic E-state index is 0.212. The van der Waals surface area contributed by atoms with Gasteiger partial charge in [-0.3, -0.25) is 24.3 Å². The van der Waals surface area contributed by atoms with Crippen LogP contribution in [0.1, 0.15) is 42.5 Å². The summed E-state index contributed by atoms with van der Waals surface area (Å²) >= 11 is 0. The molecular weight excluding hydrogens is 594 g/mol. The third-order valence-corrected chi connectivity index (χ3v) is 8.06. The maximum absolute atomic E-state index is 13.1. The van der Waals surface area contributed by atoms with Crippen LogP contribution in [0.2, 0.25) is 0 Å². The van der Waals surface area contributed by atoms with Gasteiger partial charge in [0.05, 0.1) is 30.1 Å². The molecule has 1 saturated heterocycles. The molecule has 6 rings (SSSR count). The molecule has 0 bridgehead atoms. The van der Waals surface area contributed by atoms with Gasteiger partial charge in [-0.05, 0) is 47.5 Å². The molecule has 1 aliphatic rings. The van der Waals surface area contributed by atoms with Gasteiger partial charge in [-0.25, -0.2) is 0 Å². The Balaban J connectivity index is 1.02. The highest BCUT2D eigenvalue weighted by atomic mass is 16.5. The first-order valence-corrected chi connectivity index (χ1v) is 15.5. The van der Waals surface area contributed by atoms with E-state index in [0.29, 0.717) is 48.1 Å². The van der Waals surface area contributed by atoms with E-state index in [-0.39, 0.29) is 17.7 Å². The fourth-order valence-corrected chi connectivity index (χ4v) is 5.48. The number of aryl methyl sites for hydroxylation is 2. The van der Waals surface area contributed by atoms with Crippen molar-refractivity contribution in [2.24, 2.45) is 14.1 Å². The van der Waals surface area contributed by atoms with Crippen molar-refractivity contribution in [2.45, 2.75) is 0 Å². The summed E-state index contributed by atoms with van der Waals surface area (Å²) in [6, 6.07) is 20.6. The fourth-order valence-electron chi connectivity index (χ4n) is 5.48. The molecule has 11 heteroatoms. The second-order valence-electron chi connectivity index (χ2n) is 11.5. The van der Waals surface area contributed by atoms with Crippen LogP contribution in [0.4, 0.5) is 11.4 Å². The highest BCUT2D eigenvalue weighted by Crippen LogP contribution is 2.19. The van der Waals surface area contributed by atoms with Gasteiger partial charge in [0, 0.05) is 69.8 Å². The summed E-state index contributed by atoms with van der Waals surface area (Å²) in [4.78, 5) is 45.6. The lowest BCUT2D eigenvalue weighted by Crippen LogP contribution is -2.41. The summed E-state index contributed by atoms with van der Waals surface area (Å²) in [5, 5.41) is 9.75. The van der Waals surface area contributed by atoms with E-state index in [1.807, 2.05) is 54.7 Å². The fraction of sp³-hybridized carbons (Fsp3) is 0.222. The van der Waals surface area contributed by atoms with Crippen LogP contribution in [0.25, 0.3) is 23.1 Å². The Bertz CT molecular complexity index is 1930. The Morgan fingerprint density at radius 1 is 0.787 bits per heavy atom. The standard InChI is InChI=1S/C36H37N7O4/c1-41-24-30(20-32(41)35(45)37-13-14-43-15-17-47-18-16-43)40-36(46)33-21-29(23-42(33)2)39-34(44)27-11-9-25(10-12-27)7-8-26-19-28-5-3-4-6-31(28)38-22-26/h3-12,19-24H,13-18H2,1-2H3,(H,37,45)(H,39,44)(H,40,46)/b8-7+. The number of nitrogens with zero attached hydrogens (tertiary/aromatic N) is 4. The second-order valence-corrected chi connectivity index (χ2v) is 11.5. The number of para-hydroxylation sites is 1. The van der Waals surface area contributed by atoms with E-state index in [4.69, 9.17) is 4.74 Å². The number of morpholine rings is 1. The molecule has 3 aromatic heterocycles. The van der Waals surface area contributed by atoms with Crippen molar-refractivity contribution in [3.8, 4) is 0 Å². The van der Waals surface area contributed by atoms with Crippen LogP contribution in [0.3, 0.4) is 0 Å². The molecule has 5 aromatic rings. The summed E-state index contributed by atoms with van der Waals surface area (Å²) in [7, 11) is 3.49. The van der Waals surface area contributed by atoms with Gasteiger partial charge in [0.25, 0.3) is 17.7 Å². The monoisotopic (exact) mass is 631 g/mol. The zero-order valence-corrected chi connectivity index (χ0v) is 26.4. The normalized spacial score (nSPS) is 13.6. The van der Waals surface area contributed by atoms with Crippen LogP contribution in [-0.4, -0.2) is 76.1 Å². The lowest BCUT2D eigenvalue weighted by molar-refractivity contribution is 0.0383. The van der Waals surface area contributed by atoms with Gasteiger partial charge >= 0.3 is 0 Å². The van der Waals surface area contributed by atoms with Gasteiger partial charge in [0.1, 0.15) is 11.4 Å². The van der Waals surface area contributed by atoms with Crippen molar-refractivity contribution in [1.29, 1.82) is 0 Å². The minimum Gasteiger partial charge on any atom is -0.379 e. The van der Waals surface area contributed by atoms with Gasteiger partial charge in [0.15, 0.2) is 0 Å². The van der Waals surface area contributed by atoms with Crippen LogP contribution in [0.15, 0.2) is 85.3 Å². The summed E-state index contributed by atoms with van der Waals surface area (Å²) in [6.45, 7) is 4.42. The van der Waals surface area contributed by atoms with Crippen LogP contribution in [0.5, 0.6) is 0 Å². The van der Waals surface area contributed by atoms with Gasteiger partial charge in [0.2, 0.25) is 0 Å². The molecule has 3 N–H and O–H groups in total. The van der Waals surface area contributed by atoms with Crippen molar-refractivity contribution in [3.63, 3.8) is 0 Å². The zero-order valence-electron chi connectivity index (χ0n) is 26.4. The maximum Gasteiger partial charge on any atom is 0.272 e. The Morgan fingerprint density at radius 2 is 1.43 bits per heavy atom. The predicted molar refractivity (Wildman–Crippen MR) is 183 cm³/mol. The number of hydrogen-bond donors (Lipinski definition) is 3. The maximum atomic E-state index is 13.1. The molecule has 3 amide bonds. The number of benzene rings is 2. The first-order chi connectivity index (χ1) is 22.8. The molecule has 0 aliphatic carbocycles. The minimum atomic E-state index is -0.365. The van der Waals surface area contributed by atoms with Crippen molar-refractivity contribution in [3.05, 3.63) is 113 Å². The number of pyridine rings is 1. The molecule has 1 fully saturated rings. The van der Waals surface area contributed by atoms with Crippen LogP contribution < -0.4 is 16.0 Å². The summed E-state index contributed by atoms with van der Waals surface area (Å²) in [5.74, 6) is -0.865. The van der Waals surface area contributed by atoms with E-state index in [1.54, 1.807) is 59.9 Å². The molecule has 1 aliphatic heterocycles. The lowest BCUT2D eigenvalue weighted by Gasteiger charge is -2.26. The number of amides is 3. The van der Waals surface area contributed by atoms with Crippen LogP contribution in [-0.2, 0) is 18.8 Å². The van der Waals surface area contributed by atoms with Gasteiger partial charge in [-0.1, -0.05) is 42.5 Å². The Labute approximate surface area is 272 Å². The molecule has 240 valence electrons. The molecule has 0 unspecified atom stereocenters. The molecule has 11 nitrogen and oxygen atoms in total. The quantitative estimate of drug-likeness (QED) is 0.206. The van der Waals surface area contributed by atoms with Crippen molar-refractivity contribution < 1.29 is 19.1 Å². The molecular formula is C36H37N7O4. The summed E-state index contributed by atoms with van der Waals surface area (Å²) in [6.07, 6.45) is 9.17. The second kappa shape index (κ2) is 14.3. The molecule has 0 saturated carbocycles. The number of hydrogen-bond acceptors (Lipinski definition) is 6. The predicted octanol–water partition coefficient (Wildman–Crippen LogP) is 4.65. The van der Waals surface area contributed by atoms with E-state index >= 15 is 0 Å².